The molecule has 0 aliphatic carbocycles. The maximum Gasteiger partial charge on any atom is 0.247 e. The van der Waals surface area contributed by atoms with Crippen molar-refractivity contribution < 1.29 is 19.0 Å². The van der Waals surface area contributed by atoms with Crippen LogP contribution in [0.3, 0.4) is 0 Å². The van der Waals surface area contributed by atoms with Crippen molar-refractivity contribution in [3.05, 3.63) is 36.4 Å². The van der Waals surface area contributed by atoms with Crippen LogP contribution in [-0.4, -0.2) is 52.6 Å². The standard InChI is InChI=1S/C16H20N4O4/c1-12(20-10-17-9-18-20)16(21)19(5-6-22-2)8-13-3-4-14-15(7-13)24-11-23-14/h3-4,7,9-10,12H,5-6,8,11H2,1-2H3. The van der Waals surface area contributed by atoms with Gasteiger partial charge in [0.2, 0.25) is 12.7 Å². The fraction of sp³-hybridized carbons (Fsp3) is 0.438. The van der Waals surface area contributed by atoms with E-state index in [1.807, 2.05) is 18.2 Å². The largest absolute Gasteiger partial charge is 0.454 e. The van der Waals surface area contributed by atoms with Gasteiger partial charge in [-0.3, -0.25) is 4.79 Å². The smallest absolute Gasteiger partial charge is 0.247 e. The second-order valence-electron chi connectivity index (χ2n) is 5.49. The molecule has 8 nitrogen and oxygen atoms in total. The highest BCUT2D eigenvalue weighted by Gasteiger charge is 2.23. The third-order valence-corrected chi connectivity index (χ3v) is 3.88. The highest BCUT2D eigenvalue weighted by atomic mass is 16.7. The Morgan fingerprint density at radius 3 is 3.00 bits per heavy atom. The number of hydrogen-bond donors (Lipinski definition) is 0. The van der Waals surface area contributed by atoms with E-state index >= 15 is 0 Å². The minimum absolute atomic E-state index is 0.0461. The number of fused-ring (bicyclic) bond motifs is 1. The Labute approximate surface area is 139 Å². The number of benzene rings is 1. The molecular weight excluding hydrogens is 312 g/mol. The molecule has 1 aliphatic heterocycles. The maximum atomic E-state index is 12.8. The molecule has 3 rings (SSSR count). The normalized spacial score (nSPS) is 13.8. The van der Waals surface area contributed by atoms with Crippen molar-refractivity contribution in [1.29, 1.82) is 0 Å². The number of methoxy groups -OCH3 is 1. The van der Waals surface area contributed by atoms with Crippen LogP contribution in [0, 0.1) is 0 Å². The van der Waals surface area contributed by atoms with Crippen LogP contribution < -0.4 is 9.47 Å². The molecule has 128 valence electrons. The van der Waals surface area contributed by atoms with Crippen molar-refractivity contribution in [2.24, 2.45) is 0 Å². The zero-order valence-corrected chi connectivity index (χ0v) is 13.7. The van der Waals surface area contributed by atoms with Crippen LogP contribution in [0.1, 0.15) is 18.5 Å². The molecule has 8 heteroatoms. The third kappa shape index (κ3) is 3.48. The van der Waals surface area contributed by atoms with E-state index in [9.17, 15) is 4.79 Å². The van der Waals surface area contributed by atoms with Gasteiger partial charge < -0.3 is 19.1 Å². The van der Waals surface area contributed by atoms with E-state index in [2.05, 4.69) is 10.1 Å². The average Bonchev–Trinajstić information content (AvgIpc) is 3.28. The molecule has 0 bridgehead atoms. The SMILES string of the molecule is COCCN(Cc1ccc2c(c1)OCO2)C(=O)C(C)n1cncn1. The molecular formula is C16H20N4O4. The Bertz CT molecular complexity index is 689. The second-order valence-corrected chi connectivity index (χ2v) is 5.49. The molecule has 2 heterocycles. The highest BCUT2D eigenvalue weighted by molar-refractivity contribution is 5.80. The molecule has 24 heavy (non-hydrogen) atoms. The summed E-state index contributed by atoms with van der Waals surface area (Å²) in [5.41, 5.74) is 0.967. The summed E-state index contributed by atoms with van der Waals surface area (Å²) in [5, 5.41) is 4.04. The van der Waals surface area contributed by atoms with Gasteiger partial charge in [0.15, 0.2) is 11.5 Å². The predicted octanol–water partition coefficient (Wildman–Crippen LogP) is 1.24. The van der Waals surface area contributed by atoms with E-state index in [4.69, 9.17) is 14.2 Å². The summed E-state index contributed by atoms with van der Waals surface area (Å²) < 4.78 is 17.4. The molecule has 1 unspecified atom stereocenters. The Hall–Kier alpha value is -2.61. The summed E-state index contributed by atoms with van der Waals surface area (Å²) in [6.45, 7) is 3.44. The first-order valence-electron chi connectivity index (χ1n) is 7.69. The summed E-state index contributed by atoms with van der Waals surface area (Å²) in [7, 11) is 1.62. The van der Waals surface area contributed by atoms with Crippen LogP contribution >= 0.6 is 0 Å². The van der Waals surface area contributed by atoms with Gasteiger partial charge in [0.05, 0.1) is 6.61 Å². The van der Waals surface area contributed by atoms with E-state index in [0.717, 1.165) is 11.3 Å². The van der Waals surface area contributed by atoms with Crippen molar-refractivity contribution in [1.82, 2.24) is 19.7 Å². The van der Waals surface area contributed by atoms with Crippen molar-refractivity contribution >= 4 is 5.91 Å². The Kier molecular flexibility index (Phi) is 4.95. The van der Waals surface area contributed by atoms with Crippen LogP contribution in [0.25, 0.3) is 0 Å². The van der Waals surface area contributed by atoms with Crippen LogP contribution in [0.15, 0.2) is 30.9 Å². The number of aromatic nitrogens is 3. The van der Waals surface area contributed by atoms with Crippen LogP contribution in [-0.2, 0) is 16.1 Å². The van der Waals surface area contributed by atoms with Crippen molar-refractivity contribution in [2.75, 3.05) is 27.1 Å². The molecule has 1 aromatic carbocycles. The number of hydrogen-bond acceptors (Lipinski definition) is 6. The lowest BCUT2D eigenvalue weighted by atomic mass is 10.1. The Morgan fingerprint density at radius 2 is 2.25 bits per heavy atom. The Balaban J connectivity index is 1.74. The van der Waals surface area contributed by atoms with E-state index < -0.39 is 6.04 Å². The lowest BCUT2D eigenvalue weighted by molar-refractivity contribution is -0.135. The quantitative estimate of drug-likeness (QED) is 0.759. The molecule has 0 N–H and O–H groups in total. The molecule has 1 aromatic heterocycles. The Morgan fingerprint density at radius 1 is 1.42 bits per heavy atom. The van der Waals surface area contributed by atoms with Gasteiger partial charge in [-0.1, -0.05) is 6.07 Å². The minimum Gasteiger partial charge on any atom is -0.454 e. The van der Waals surface area contributed by atoms with Crippen molar-refractivity contribution in [3.8, 4) is 11.5 Å². The van der Waals surface area contributed by atoms with E-state index in [0.29, 0.717) is 25.4 Å². The molecule has 2 aromatic rings. The van der Waals surface area contributed by atoms with Gasteiger partial charge in [-0.2, -0.15) is 5.10 Å². The molecule has 0 saturated carbocycles. The summed E-state index contributed by atoms with van der Waals surface area (Å²) in [6.07, 6.45) is 2.96. The number of nitrogens with zero attached hydrogens (tertiary/aromatic N) is 4. The zero-order chi connectivity index (χ0) is 16.9. The zero-order valence-electron chi connectivity index (χ0n) is 13.7. The lowest BCUT2D eigenvalue weighted by Crippen LogP contribution is -2.38. The summed E-state index contributed by atoms with van der Waals surface area (Å²) >= 11 is 0. The molecule has 1 atom stereocenters. The first-order valence-corrected chi connectivity index (χ1v) is 7.69. The summed E-state index contributed by atoms with van der Waals surface area (Å²) in [6, 6.07) is 5.26. The van der Waals surface area contributed by atoms with Crippen LogP contribution in [0.4, 0.5) is 0 Å². The molecule has 1 amide bonds. The average molecular weight is 332 g/mol. The topological polar surface area (TPSA) is 78.7 Å². The summed E-state index contributed by atoms with van der Waals surface area (Å²) in [5.74, 6) is 1.38. The van der Waals surface area contributed by atoms with E-state index in [-0.39, 0.29) is 12.7 Å². The van der Waals surface area contributed by atoms with Gasteiger partial charge in [0.1, 0.15) is 18.7 Å². The number of rotatable bonds is 7. The second kappa shape index (κ2) is 7.31. The van der Waals surface area contributed by atoms with Gasteiger partial charge >= 0.3 is 0 Å². The molecule has 0 radical (unpaired) electrons. The first-order chi connectivity index (χ1) is 11.7. The number of amides is 1. The highest BCUT2D eigenvalue weighted by Crippen LogP contribution is 2.32. The molecule has 0 saturated heterocycles. The van der Waals surface area contributed by atoms with E-state index in [1.165, 1.54) is 12.7 Å². The van der Waals surface area contributed by atoms with Gasteiger partial charge in [-0.05, 0) is 24.6 Å². The molecule has 1 aliphatic rings. The molecule has 0 fully saturated rings. The fourth-order valence-corrected chi connectivity index (χ4v) is 2.52. The minimum atomic E-state index is -0.432. The van der Waals surface area contributed by atoms with Gasteiger partial charge in [-0.25, -0.2) is 9.67 Å². The monoisotopic (exact) mass is 332 g/mol. The van der Waals surface area contributed by atoms with Gasteiger partial charge in [0, 0.05) is 20.2 Å². The fourth-order valence-electron chi connectivity index (χ4n) is 2.52. The maximum absolute atomic E-state index is 12.8. The van der Waals surface area contributed by atoms with Gasteiger partial charge in [-0.15, -0.1) is 0 Å². The van der Waals surface area contributed by atoms with Crippen molar-refractivity contribution in [3.63, 3.8) is 0 Å². The lowest BCUT2D eigenvalue weighted by Gasteiger charge is -2.25. The van der Waals surface area contributed by atoms with Gasteiger partial charge in [0.25, 0.3) is 0 Å². The van der Waals surface area contributed by atoms with Crippen molar-refractivity contribution in [2.45, 2.75) is 19.5 Å². The van der Waals surface area contributed by atoms with Crippen LogP contribution in [0.2, 0.25) is 0 Å². The molecule has 0 spiro atoms. The van der Waals surface area contributed by atoms with Crippen LogP contribution in [0.5, 0.6) is 11.5 Å². The van der Waals surface area contributed by atoms with E-state index in [1.54, 1.807) is 23.6 Å². The number of carbonyl (C=O) groups is 1. The number of carbonyl (C=O) groups excluding carboxylic acids is 1. The number of ether oxygens (including phenoxy) is 3. The third-order valence-electron chi connectivity index (χ3n) is 3.88. The predicted molar refractivity (Wildman–Crippen MR) is 84.6 cm³/mol. The summed E-state index contributed by atoms with van der Waals surface area (Å²) in [4.78, 5) is 18.5. The first kappa shape index (κ1) is 16.3.